The molecule has 39 heavy (non-hydrogen) atoms. The highest BCUT2D eigenvalue weighted by atomic mass is 16.5. The van der Waals surface area contributed by atoms with E-state index in [0.717, 1.165) is 49.8 Å². The second-order valence-corrected chi connectivity index (χ2v) is 10.8. The zero-order valence-electron chi connectivity index (χ0n) is 23.1. The number of amides is 1. The number of aryl methyl sites for hydroxylation is 1. The Morgan fingerprint density at radius 1 is 0.872 bits per heavy atom. The third-order valence-corrected chi connectivity index (χ3v) is 8.25. The van der Waals surface area contributed by atoms with E-state index in [-0.39, 0.29) is 24.4 Å². The standard InChI is InChI=1S/C29H40N4O6/c1-36-24-17-21-18-25(37-2)27(24)38-15-8-13-32-19-22(30-31-32)12-16-39-29(35)23-11-6-7-14-33(23)28(34)26(21)20-9-4-3-5-10-20/h17-20,23,26H,3-16H2,1-2H3/t23-,26-/m0/s1. The summed E-state index contributed by atoms with van der Waals surface area (Å²) in [4.78, 5) is 29.5. The number of rotatable bonds is 3. The van der Waals surface area contributed by atoms with E-state index in [1.807, 2.05) is 18.3 Å². The molecule has 6 rings (SSSR count). The van der Waals surface area contributed by atoms with Crippen LogP contribution in [0.2, 0.25) is 0 Å². The minimum atomic E-state index is -0.582. The van der Waals surface area contributed by atoms with Gasteiger partial charge in [-0.05, 0) is 55.7 Å². The maximum Gasteiger partial charge on any atom is 0.328 e. The molecule has 1 amide bonds. The molecule has 1 saturated heterocycles. The summed E-state index contributed by atoms with van der Waals surface area (Å²) in [6.45, 7) is 1.82. The van der Waals surface area contributed by atoms with Gasteiger partial charge in [0.1, 0.15) is 6.04 Å². The molecule has 2 atom stereocenters. The Morgan fingerprint density at radius 2 is 1.62 bits per heavy atom. The lowest BCUT2D eigenvalue weighted by molar-refractivity contribution is -0.158. The van der Waals surface area contributed by atoms with Crippen LogP contribution in [-0.4, -0.2) is 71.8 Å². The van der Waals surface area contributed by atoms with Crippen molar-refractivity contribution in [3.63, 3.8) is 0 Å². The molecule has 1 aromatic carbocycles. The van der Waals surface area contributed by atoms with Gasteiger partial charge in [-0.15, -0.1) is 5.10 Å². The number of fused-ring (bicyclic) bond motifs is 9. The smallest absolute Gasteiger partial charge is 0.328 e. The lowest BCUT2D eigenvalue weighted by Gasteiger charge is -2.39. The van der Waals surface area contributed by atoms with Crippen molar-refractivity contribution in [2.24, 2.45) is 5.92 Å². The van der Waals surface area contributed by atoms with Crippen molar-refractivity contribution < 1.29 is 28.5 Å². The van der Waals surface area contributed by atoms with Crippen molar-refractivity contribution in [1.29, 1.82) is 0 Å². The van der Waals surface area contributed by atoms with Crippen molar-refractivity contribution in [2.75, 3.05) is 34.0 Å². The number of nitrogens with zero attached hydrogens (tertiary/aromatic N) is 4. The molecule has 4 bridgehead atoms. The van der Waals surface area contributed by atoms with E-state index < -0.39 is 12.0 Å². The quantitative estimate of drug-likeness (QED) is 0.540. The van der Waals surface area contributed by atoms with Crippen molar-refractivity contribution in [1.82, 2.24) is 19.9 Å². The molecule has 2 fully saturated rings. The number of hydrogen-bond donors (Lipinski definition) is 0. The Kier molecular flexibility index (Phi) is 8.88. The number of benzene rings is 1. The van der Waals surface area contributed by atoms with Crippen LogP contribution in [0.4, 0.5) is 0 Å². The van der Waals surface area contributed by atoms with E-state index in [1.165, 1.54) is 6.42 Å². The summed E-state index contributed by atoms with van der Waals surface area (Å²) in [7, 11) is 3.21. The van der Waals surface area contributed by atoms with Gasteiger partial charge in [-0.1, -0.05) is 24.5 Å². The van der Waals surface area contributed by atoms with Crippen molar-refractivity contribution in [2.45, 2.75) is 82.7 Å². The van der Waals surface area contributed by atoms with E-state index in [2.05, 4.69) is 10.3 Å². The molecule has 4 aliphatic rings. The van der Waals surface area contributed by atoms with Gasteiger partial charge in [0.2, 0.25) is 11.7 Å². The predicted octanol–water partition coefficient (Wildman–Crippen LogP) is 3.91. The molecular formula is C29H40N4O6. The number of aromatic nitrogens is 3. The van der Waals surface area contributed by atoms with Crippen LogP contribution in [0.5, 0.6) is 17.2 Å². The maximum atomic E-state index is 14.4. The van der Waals surface area contributed by atoms with E-state index in [9.17, 15) is 9.59 Å². The SMILES string of the molecule is COc1cc2cc(OC)c1OCCCn1cc(nn1)CCOC(=O)[C@@H]1CCCCN1C(=O)[C@H]2C1CCCCC1. The molecule has 3 aliphatic heterocycles. The van der Waals surface area contributed by atoms with E-state index in [0.29, 0.717) is 56.2 Å². The molecule has 1 saturated carbocycles. The summed E-state index contributed by atoms with van der Waals surface area (Å²) < 4.78 is 25.1. The van der Waals surface area contributed by atoms with Crippen LogP contribution in [0.25, 0.3) is 0 Å². The molecule has 212 valence electrons. The molecule has 10 heteroatoms. The Hall–Kier alpha value is -3.30. The molecule has 0 unspecified atom stereocenters. The number of carbonyl (C=O) groups excluding carboxylic acids is 2. The highest BCUT2D eigenvalue weighted by molar-refractivity contribution is 5.89. The molecule has 1 aliphatic carbocycles. The fraction of sp³-hybridized carbons (Fsp3) is 0.655. The van der Waals surface area contributed by atoms with Crippen LogP contribution in [0.3, 0.4) is 0 Å². The first-order valence-electron chi connectivity index (χ1n) is 14.3. The van der Waals surface area contributed by atoms with Crippen LogP contribution in [0.15, 0.2) is 18.3 Å². The zero-order chi connectivity index (χ0) is 27.2. The Bertz CT molecular complexity index is 1120. The number of carbonyl (C=O) groups is 2. The lowest BCUT2D eigenvalue weighted by Crippen LogP contribution is -2.51. The van der Waals surface area contributed by atoms with E-state index >= 15 is 0 Å². The molecule has 1 aromatic heterocycles. The van der Waals surface area contributed by atoms with Gasteiger partial charge in [0.05, 0.1) is 39.0 Å². The van der Waals surface area contributed by atoms with Crippen molar-refractivity contribution in [3.8, 4) is 17.2 Å². The molecule has 10 nitrogen and oxygen atoms in total. The second-order valence-electron chi connectivity index (χ2n) is 10.8. The fourth-order valence-corrected chi connectivity index (χ4v) is 6.24. The van der Waals surface area contributed by atoms with Gasteiger partial charge in [-0.25, -0.2) is 4.79 Å². The Labute approximate surface area is 229 Å². The highest BCUT2D eigenvalue weighted by Crippen LogP contribution is 2.45. The molecule has 0 N–H and O–H groups in total. The number of hydrogen-bond acceptors (Lipinski definition) is 8. The summed E-state index contributed by atoms with van der Waals surface area (Å²) in [5.41, 5.74) is 1.60. The first-order chi connectivity index (χ1) is 19.1. The van der Waals surface area contributed by atoms with Gasteiger partial charge < -0.3 is 23.8 Å². The van der Waals surface area contributed by atoms with Crippen LogP contribution in [-0.2, 0) is 27.3 Å². The largest absolute Gasteiger partial charge is 0.493 e. The number of esters is 1. The molecule has 0 spiro atoms. The summed E-state index contributed by atoms with van der Waals surface area (Å²) in [6.07, 6.45) is 10.7. The van der Waals surface area contributed by atoms with Gasteiger partial charge >= 0.3 is 5.97 Å². The van der Waals surface area contributed by atoms with Crippen molar-refractivity contribution in [3.05, 3.63) is 29.6 Å². The van der Waals surface area contributed by atoms with Gasteiger partial charge in [0.15, 0.2) is 11.5 Å². The van der Waals surface area contributed by atoms with Crippen LogP contribution in [0, 0.1) is 5.92 Å². The van der Waals surface area contributed by atoms with Crippen LogP contribution < -0.4 is 14.2 Å². The average molecular weight is 541 g/mol. The third kappa shape index (κ3) is 6.15. The van der Waals surface area contributed by atoms with Gasteiger partial charge in [0, 0.05) is 32.1 Å². The number of piperidine rings is 1. The van der Waals surface area contributed by atoms with E-state index in [1.54, 1.807) is 23.8 Å². The highest BCUT2D eigenvalue weighted by Gasteiger charge is 2.40. The topological polar surface area (TPSA) is 105 Å². The summed E-state index contributed by atoms with van der Waals surface area (Å²) in [6, 6.07) is 3.26. The van der Waals surface area contributed by atoms with Gasteiger partial charge in [0.25, 0.3) is 0 Å². The third-order valence-electron chi connectivity index (χ3n) is 8.25. The van der Waals surface area contributed by atoms with Crippen LogP contribution >= 0.6 is 0 Å². The molecule has 0 radical (unpaired) electrons. The monoisotopic (exact) mass is 540 g/mol. The van der Waals surface area contributed by atoms with Crippen LogP contribution in [0.1, 0.15) is 75.0 Å². The Balaban J connectivity index is 1.54. The lowest BCUT2D eigenvalue weighted by atomic mass is 9.75. The average Bonchev–Trinajstić information content (AvgIpc) is 3.43. The number of ether oxygens (including phenoxy) is 4. The zero-order valence-corrected chi connectivity index (χ0v) is 23.1. The predicted molar refractivity (Wildman–Crippen MR) is 143 cm³/mol. The normalized spacial score (nSPS) is 23.6. The molecule has 4 heterocycles. The molecule has 2 aromatic rings. The summed E-state index contributed by atoms with van der Waals surface area (Å²) in [5, 5.41) is 8.39. The van der Waals surface area contributed by atoms with Gasteiger partial charge in [-0.3, -0.25) is 9.48 Å². The fourth-order valence-electron chi connectivity index (χ4n) is 6.24. The summed E-state index contributed by atoms with van der Waals surface area (Å²) >= 11 is 0. The Morgan fingerprint density at radius 3 is 2.36 bits per heavy atom. The van der Waals surface area contributed by atoms with Gasteiger partial charge in [-0.2, -0.15) is 0 Å². The minimum absolute atomic E-state index is 0.0119. The molecular weight excluding hydrogens is 500 g/mol. The van der Waals surface area contributed by atoms with Crippen molar-refractivity contribution >= 4 is 11.9 Å². The number of methoxy groups -OCH3 is 2. The summed E-state index contributed by atoms with van der Waals surface area (Å²) in [5.74, 6) is 1.03. The maximum absolute atomic E-state index is 14.4. The second kappa shape index (κ2) is 12.7. The van der Waals surface area contributed by atoms with E-state index in [4.69, 9.17) is 18.9 Å². The minimum Gasteiger partial charge on any atom is -0.493 e. The first-order valence-corrected chi connectivity index (χ1v) is 14.3. The first kappa shape index (κ1) is 27.3.